The first-order valence-corrected chi connectivity index (χ1v) is 6.50. The fraction of sp³-hybridized carbons (Fsp3) is 0.286. The van der Waals surface area contributed by atoms with Crippen LogP contribution in [0.25, 0.3) is 0 Å². The number of sulfone groups is 1. The maximum atomic E-state index is 11.2. The molecule has 0 aromatic carbocycles. The predicted molar refractivity (Wildman–Crippen MR) is 55.0 cm³/mol. The van der Waals surface area contributed by atoms with Crippen LogP contribution in [-0.4, -0.2) is 30.8 Å². The van der Waals surface area contributed by atoms with Crippen molar-refractivity contribution in [3.63, 3.8) is 0 Å². The van der Waals surface area contributed by atoms with E-state index in [-0.39, 0.29) is 0 Å². The molecule has 1 heterocycles. The minimum absolute atomic E-state index is 0.340. The Morgan fingerprint density at radius 2 is 2.40 bits per heavy atom. The average Bonchev–Trinajstić information content (AvgIpc) is 2.54. The summed E-state index contributed by atoms with van der Waals surface area (Å²) in [5.41, 5.74) is 0. The first kappa shape index (κ1) is 11.6. The van der Waals surface area contributed by atoms with Gasteiger partial charge in [-0.25, -0.2) is 13.4 Å². The zero-order valence-electron chi connectivity index (χ0n) is 7.50. The maximum absolute atomic E-state index is 11.2. The third-order valence-electron chi connectivity index (χ3n) is 1.31. The van der Waals surface area contributed by atoms with E-state index in [4.69, 9.17) is 5.26 Å². The lowest BCUT2D eigenvalue weighted by atomic mass is 10.7. The zero-order chi connectivity index (χ0) is 11.3. The molecule has 1 aromatic rings. The first-order valence-electron chi connectivity index (χ1n) is 3.80. The molecule has 0 saturated heterocycles. The van der Waals surface area contributed by atoms with Crippen molar-refractivity contribution in [2.24, 2.45) is 0 Å². The predicted octanol–water partition coefficient (Wildman–Crippen LogP) is 0.0200. The monoisotopic (exact) mass is 245 g/mol. The number of nitrogens with zero attached hydrogens (tertiary/aromatic N) is 2. The SMILES string of the molecule is N#CCS(=O)(=O)CC(=O)Nc1nccs1. The molecule has 0 aliphatic heterocycles. The van der Waals surface area contributed by atoms with Crippen molar-refractivity contribution in [1.29, 1.82) is 5.26 Å². The first-order chi connectivity index (χ1) is 7.03. The van der Waals surface area contributed by atoms with Gasteiger partial charge in [-0.3, -0.25) is 4.79 Å². The molecule has 0 aliphatic rings. The Morgan fingerprint density at radius 1 is 1.67 bits per heavy atom. The Morgan fingerprint density at radius 3 is 2.93 bits per heavy atom. The van der Waals surface area contributed by atoms with E-state index in [0.29, 0.717) is 5.13 Å². The van der Waals surface area contributed by atoms with Gasteiger partial charge in [0.1, 0.15) is 11.5 Å². The highest BCUT2D eigenvalue weighted by Gasteiger charge is 2.16. The van der Waals surface area contributed by atoms with E-state index < -0.39 is 27.3 Å². The molecule has 8 heteroatoms. The summed E-state index contributed by atoms with van der Waals surface area (Å²) < 4.78 is 22.1. The summed E-state index contributed by atoms with van der Waals surface area (Å²) in [6.45, 7) is 0. The van der Waals surface area contributed by atoms with Gasteiger partial charge in [-0.2, -0.15) is 5.26 Å². The molecule has 0 atom stereocenters. The Labute approximate surface area is 90.5 Å². The van der Waals surface area contributed by atoms with Crippen molar-refractivity contribution in [3.05, 3.63) is 11.6 Å². The third kappa shape index (κ3) is 4.05. The molecule has 0 unspecified atom stereocenters. The van der Waals surface area contributed by atoms with Crippen molar-refractivity contribution >= 4 is 32.2 Å². The minimum atomic E-state index is -3.63. The van der Waals surface area contributed by atoms with Gasteiger partial charge in [0.15, 0.2) is 15.0 Å². The second-order valence-electron chi connectivity index (χ2n) is 2.58. The number of carbonyl (C=O) groups is 1. The van der Waals surface area contributed by atoms with Crippen LogP contribution in [0, 0.1) is 11.3 Å². The van der Waals surface area contributed by atoms with Gasteiger partial charge in [-0.15, -0.1) is 11.3 Å². The molecule has 0 saturated carbocycles. The Balaban J connectivity index is 2.54. The van der Waals surface area contributed by atoms with E-state index in [1.807, 2.05) is 0 Å². The molecule has 1 rings (SSSR count). The van der Waals surface area contributed by atoms with Crippen LogP contribution >= 0.6 is 11.3 Å². The summed E-state index contributed by atoms with van der Waals surface area (Å²) in [7, 11) is -3.63. The maximum Gasteiger partial charge on any atom is 0.241 e. The van der Waals surface area contributed by atoms with Crippen LogP contribution in [0.2, 0.25) is 0 Å². The number of anilines is 1. The lowest BCUT2D eigenvalue weighted by Crippen LogP contribution is -2.24. The topological polar surface area (TPSA) is 99.9 Å². The normalized spacial score (nSPS) is 10.6. The highest BCUT2D eigenvalue weighted by molar-refractivity contribution is 7.92. The summed E-state index contributed by atoms with van der Waals surface area (Å²) in [6, 6.07) is 1.49. The summed E-state index contributed by atoms with van der Waals surface area (Å²) in [5, 5.41) is 12.5. The van der Waals surface area contributed by atoms with Gasteiger partial charge >= 0.3 is 0 Å². The van der Waals surface area contributed by atoms with Crippen molar-refractivity contribution in [1.82, 2.24) is 4.98 Å². The highest BCUT2D eigenvalue weighted by Crippen LogP contribution is 2.09. The number of thiazole rings is 1. The van der Waals surface area contributed by atoms with Crippen molar-refractivity contribution in [2.45, 2.75) is 0 Å². The van der Waals surface area contributed by atoms with Crippen molar-refractivity contribution in [3.8, 4) is 6.07 Å². The lowest BCUT2D eigenvalue weighted by molar-refractivity contribution is -0.113. The van der Waals surface area contributed by atoms with E-state index in [2.05, 4.69) is 10.3 Å². The van der Waals surface area contributed by atoms with E-state index in [1.54, 1.807) is 5.38 Å². The van der Waals surface area contributed by atoms with Crippen LogP contribution in [0.4, 0.5) is 5.13 Å². The number of aromatic nitrogens is 1. The van der Waals surface area contributed by atoms with Crippen LogP contribution in [0.5, 0.6) is 0 Å². The second-order valence-corrected chi connectivity index (χ2v) is 5.53. The molecule has 1 N–H and O–H groups in total. The molecule has 0 aliphatic carbocycles. The number of carbonyl (C=O) groups excluding carboxylic acids is 1. The van der Waals surface area contributed by atoms with Gasteiger partial charge in [0, 0.05) is 11.6 Å². The van der Waals surface area contributed by atoms with Gasteiger partial charge in [0.2, 0.25) is 5.91 Å². The van der Waals surface area contributed by atoms with Gasteiger partial charge in [-0.1, -0.05) is 0 Å². The van der Waals surface area contributed by atoms with Crippen molar-refractivity contribution in [2.75, 3.05) is 16.8 Å². The number of rotatable bonds is 4. The van der Waals surface area contributed by atoms with E-state index in [9.17, 15) is 13.2 Å². The average molecular weight is 245 g/mol. The molecule has 15 heavy (non-hydrogen) atoms. The van der Waals surface area contributed by atoms with Gasteiger partial charge in [-0.05, 0) is 0 Å². The third-order valence-corrected chi connectivity index (χ3v) is 3.27. The molecular weight excluding hydrogens is 238 g/mol. The van der Waals surface area contributed by atoms with E-state index in [1.165, 1.54) is 23.6 Å². The van der Waals surface area contributed by atoms with Gasteiger partial charge < -0.3 is 5.32 Å². The van der Waals surface area contributed by atoms with Crippen LogP contribution < -0.4 is 5.32 Å². The smallest absolute Gasteiger partial charge is 0.241 e. The Bertz CT molecular complexity index is 472. The zero-order valence-corrected chi connectivity index (χ0v) is 9.14. The highest BCUT2D eigenvalue weighted by atomic mass is 32.2. The lowest BCUT2D eigenvalue weighted by Gasteiger charge is -2.00. The number of nitrogens with one attached hydrogen (secondary N) is 1. The summed E-state index contributed by atoms with van der Waals surface area (Å²) in [4.78, 5) is 14.9. The molecular formula is C7H7N3O3S2. The molecule has 1 amide bonds. The Hall–Kier alpha value is -1.46. The van der Waals surface area contributed by atoms with E-state index >= 15 is 0 Å². The van der Waals surface area contributed by atoms with Gasteiger partial charge in [0.05, 0.1) is 6.07 Å². The number of nitriles is 1. The van der Waals surface area contributed by atoms with E-state index in [0.717, 1.165) is 0 Å². The van der Waals surface area contributed by atoms with Crippen LogP contribution in [0.1, 0.15) is 0 Å². The largest absolute Gasteiger partial charge is 0.301 e. The van der Waals surface area contributed by atoms with Gasteiger partial charge in [0.25, 0.3) is 0 Å². The number of amides is 1. The van der Waals surface area contributed by atoms with Crippen LogP contribution in [-0.2, 0) is 14.6 Å². The fourth-order valence-electron chi connectivity index (χ4n) is 0.790. The molecule has 0 fully saturated rings. The van der Waals surface area contributed by atoms with Crippen LogP contribution in [0.15, 0.2) is 11.6 Å². The number of hydrogen-bond acceptors (Lipinski definition) is 6. The summed E-state index contributed by atoms with van der Waals surface area (Å²) >= 11 is 1.19. The Kier molecular flexibility index (Phi) is 3.76. The fourth-order valence-corrected chi connectivity index (χ4v) is 2.11. The molecule has 80 valence electrons. The van der Waals surface area contributed by atoms with Crippen molar-refractivity contribution < 1.29 is 13.2 Å². The molecule has 0 bridgehead atoms. The molecule has 1 aromatic heterocycles. The second kappa shape index (κ2) is 4.86. The summed E-state index contributed by atoms with van der Waals surface area (Å²) in [6.07, 6.45) is 1.49. The number of hydrogen-bond donors (Lipinski definition) is 1. The quantitative estimate of drug-likeness (QED) is 0.806. The standard InChI is InChI=1S/C7H7N3O3S2/c8-1-4-15(12,13)5-6(11)10-7-9-2-3-14-7/h2-3H,4-5H2,(H,9,10,11). The molecule has 0 spiro atoms. The molecule has 0 radical (unpaired) electrons. The van der Waals surface area contributed by atoms with Crippen LogP contribution in [0.3, 0.4) is 0 Å². The summed E-state index contributed by atoms with van der Waals surface area (Å²) in [5.74, 6) is -2.03. The minimum Gasteiger partial charge on any atom is -0.301 e. The molecule has 6 nitrogen and oxygen atoms in total.